The van der Waals surface area contributed by atoms with Crippen LogP contribution in [-0.4, -0.2) is 49.1 Å². The largest absolute Gasteiger partial charge is 0.342 e. The Morgan fingerprint density at radius 1 is 1.50 bits per heavy atom. The normalized spacial score (nSPS) is 18.8. The first-order valence-corrected chi connectivity index (χ1v) is 5.44. The first-order valence-electron chi connectivity index (χ1n) is 5.44. The molecule has 1 aliphatic heterocycles. The molecule has 0 saturated carbocycles. The van der Waals surface area contributed by atoms with Gasteiger partial charge in [-0.15, -0.1) is 0 Å². The Bertz CT molecular complexity index is 188. The molecule has 4 heteroatoms. The summed E-state index contributed by atoms with van der Waals surface area (Å²) in [6, 6.07) is 0.423. The van der Waals surface area contributed by atoms with E-state index in [9.17, 15) is 4.79 Å². The second kappa shape index (κ2) is 5.32. The summed E-state index contributed by atoms with van der Waals surface area (Å²) in [7, 11) is 0. The van der Waals surface area contributed by atoms with Crippen LogP contribution >= 0.6 is 0 Å². The molecule has 0 aliphatic carbocycles. The molecule has 0 aromatic carbocycles. The van der Waals surface area contributed by atoms with Gasteiger partial charge < -0.3 is 15.5 Å². The van der Waals surface area contributed by atoms with E-state index in [1.54, 1.807) is 0 Å². The second-order valence-electron chi connectivity index (χ2n) is 3.75. The van der Waals surface area contributed by atoms with Crippen LogP contribution in [-0.2, 0) is 4.79 Å². The number of nitrogens with zero attached hydrogens (tertiary/aromatic N) is 1. The van der Waals surface area contributed by atoms with Gasteiger partial charge >= 0.3 is 0 Å². The van der Waals surface area contributed by atoms with Gasteiger partial charge in [0.15, 0.2) is 0 Å². The third-order valence-electron chi connectivity index (χ3n) is 2.71. The van der Waals surface area contributed by atoms with Crippen LogP contribution in [0, 0.1) is 0 Å². The van der Waals surface area contributed by atoms with Crippen LogP contribution in [0.4, 0.5) is 0 Å². The highest BCUT2D eigenvalue weighted by Crippen LogP contribution is 1.98. The fourth-order valence-electron chi connectivity index (χ4n) is 1.64. The molecule has 1 heterocycles. The third-order valence-corrected chi connectivity index (χ3v) is 2.71. The van der Waals surface area contributed by atoms with E-state index in [0.717, 1.165) is 26.2 Å². The van der Waals surface area contributed by atoms with Crippen LogP contribution in [0.25, 0.3) is 0 Å². The van der Waals surface area contributed by atoms with Crippen LogP contribution in [0.1, 0.15) is 20.8 Å². The van der Waals surface area contributed by atoms with E-state index < -0.39 is 0 Å². The zero-order valence-corrected chi connectivity index (χ0v) is 9.34. The molecule has 1 aliphatic rings. The topological polar surface area (TPSA) is 44.4 Å². The molecule has 2 N–H and O–H groups in total. The predicted molar refractivity (Wildman–Crippen MR) is 57.2 cm³/mol. The third kappa shape index (κ3) is 2.69. The minimum Gasteiger partial charge on any atom is -0.342 e. The minimum absolute atomic E-state index is 0.0537. The lowest BCUT2D eigenvalue weighted by molar-refractivity contribution is -0.132. The maximum atomic E-state index is 11.8. The molecule has 1 unspecified atom stereocenters. The fourth-order valence-corrected chi connectivity index (χ4v) is 1.64. The van der Waals surface area contributed by atoms with Crippen molar-refractivity contribution in [3.8, 4) is 0 Å². The summed E-state index contributed by atoms with van der Waals surface area (Å²) >= 11 is 0. The molecule has 1 rings (SSSR count). The summed E-state index contributed by atoms with van der Waals surface area (Å²) in [6.07, 6.45) is 0. The van der Waals surface area contributed by atoms with Crippen LogP contribution in [0.5, 0.6) is 0 Å². The van der Waals surface area contributed by atoms with Crippen molar-refractivity contribution in [1.82, 2.24) is 15.5 Å². The molecule has 1 amide bonds. The van der Waals surface area contributed by atoms with Crippen LogP contribution in [0.2, 0.25) is 0 Å². The van der Waals surface area contributed by atoms with Gasteiger partial charge in [0, 0.05) is 32.2 Å². The number of carbonyl (C=O) groups excluding carboxylic acids is 1. The molecular weight excluding hydrogens is 178 g/mol. The maximum absolute atomic E-state index is 11.8. The first kappa shape index (κ1) is 11.5. The molecule has 0 bridgehead atoms. The zero-order chi connectivity index (χ0) is 10.6. The van der Waals surface area contributed by atoms with E-state index in [-0.39, 0.29) is 11.9 Å². The lowest BCUT2D eigenvalue weighted by Gasteiger charge is -2.32. The van der Waals surface area contributed by atoms with E-state index in [2.05, 4.69) is 10.6 Å². The van der Waals surface area contributed by atoms with Crippen molar-refractivity contribution in [3.63, 3.8) is 0 Å². The highest BCUT2D eigenvalue weighted by molar-refractivity contribution is 5.81. The van der Waals surface area contributed by atoms with Crippen molar-refractivity contribution >= 4 is 5.91 Å². The maximum Gasteiger partial charge on any atom is 0.239 e. The van der Waals surface area contributed by atoms with Crippen molar-refractivity contribution in [1.29, 1.82) is 0 Å². The predicted octanol–water partition coefficient (Wildman–Crippen LogP) is -0.195. The summed E-state index contributed by atoms with van der Waals surface area (Å²) in [5.41, 5.74) is 0. The molecule has 82 valence electrons. The molecule has 1 fully saturated rings. The van der Waals surface area contributed by atoms with Gasteiger partial charge in [-0.25, -0.2) is 0 Å². The van der Waals surface area contributed by atoms with Gasteiger partial charge in [-0.2, -0.15) is 0 Å². The first-order chi connectivity index (χ1) is 6.69. The van der Waals surface area contributed by atoms with Crippen molar-refractivity contribution in [3.05, 3.63) is 0 Å². The van der Waals surface area contributed by atoms with Crippen LogP contribution in [0.3, 0.4) is 0 Å². The highest BCUT2D eigenvalue weighted by Gasteiger charge is 2.24. The number of amides is 1. The molecule has 1 atom stereocenters. The van der Waals surface area contributed by atoms with Gasteiger partial charge in [0.05, 0.1) is 6.04 Å². The Balaban J connectivity index is 2.33. The fraction of sp³-hybridized carbons (Fsp3) is 0.900. The summed E-state index contributed by atoms with van der Waals surface area (Å²) in [4.78, 5) is 13.7. The lowest BCUT2D eigenvalue weighted by atomic mass is 10.1. The van der Waals surface area contributed by atoms with E-state index in [4.69, 9.17) is 0 Å². The van der Waals surface area contributed by atoms with Gasteiger partial charge in [-0.05, 0) is 20.8 Å². The standard InChI is InChI=1S/C10H21N3O/c1-4-13(5-2)10(14)8(3)12-9-6-11-7-9/h8-9,11-12H,4-7H2,1-3H3. The summed E-state index contributed by atoms with van der Waals surface area (Å²) in [5.74, 6) is 0.210. The van der Waals surface area contributed by atoms with Gasteiger partial charge in [0.2, 0.25) is 5.91 Å². The average Bonchev–Trinajstić information content (AvgIpc) is 2.12. The SMILES string of the molecule is CCN(CC)C(=O)C(C)NC1CNC1. The number of hydrogen-bond donors (Lipinski definition) is 2. The molecule has 14 heavy (non-hydrogen) atoms. The Hall–Kier alpha value is -0.610. The monoisotopic (exact) mass is 199 g/mol. The van der Waals surface area contributed by atoms with E-state index in [1.165, 1.54) is 0 Å². The molecule has 0 aromatic rings. The Morgan fingerprint density at radius 2 is 2.07 bits per heavy atom. The average molecular weight is 199 g/mol. The number of rotatable bonds is 5. The van der Waals surface area contributed by atoms with E-state index >= 15 is 0 Å². The van der Waals surface area contributed by atoms with Crippen LogP contribution in [0.15, 0.2) is 0 Å². The number of hydrogen-bond acceptors (Lipinski definition) is 3. The van der Waals surface area contributed by atoms with E-state index in [0.29, 0.717) is 6.04 Å². The second-order valence-corrected chi connectivity index (χ2v) is 3.75. The number of nitrogens with one attached hydrogen (secondary N) is 2. The molecule has 0 radical (unpaired) electrons. The lowest BCUT2D eigenvalue weighted by Crippen LogP contribution is -2.60. The Morgan fingerprint density at radius 3 is 2.43 bits per heavy atom. The molecule has 0 aromatic heterocycles. The molecule has 0 spiro atoms. The summed E-state index contributed by atoms with van der Waals surface area (Å²) < 4.78 is 0. The Labute approximate surface area is 86.0 Å². The van der Waals surface area contributed by atoms with Crippen LogP contribution < -0.4 is 10.6 Å². The number of likely N-dealkylation sites (N-methyl/N-ethyl adjacent to an activating group) is 1. The number of carbonyl (C=O) groups is 1. The molecular formula is C10H21N3O. The Kier molecular flexibility index (Phi) is 4.35. The molecule has 1 saturated heterocycles. The quantitative estimate of drug-likeness (QED) is 0.645. The van der Waals surface area contributed by atoms with Crippen molar-refractivity contribution in [2.45, 2.75) is 32.9 Å². The smallest absolute Gasteiger partial charge is 0.239 e. The van der Waals surface area contributed by atoms with Gasteiger partial charge in [-0.1, -0.05) is 0 Å². The minimum atomic E-state index is -0.0537. The van der Waals surface area contributed by atoms with Crippen molar-refractivity contribution in [2.24, 2.45) is 0 Å². The van der Waals surface area contributed by atoms with E-state index in [1.807, 2.05) is 25.7 Å². The zero-order valence-electron chi connectivity index (χ0n) is 9.34. The van der Waals surface area contributed by atoms with Crippen molar-refractivity contribution in [2.75, 3.05) is 26.2 Å². The highest BCUT2D eigenvalue weighted by atomic mass is 16.2. The molecule has 4 nitrogen and oxygen atoms in total. The van der Waals surface area contributed by atoms with Gasteiger partial charge in [0.25, 0.3) is 0 Å². The van der Waals surface area contributed by atoms with Gasteiger partial charge in [0.1, 0.15) is 0 Å². The summed E-state index contributed by atoms with van der Waals surface area (Å²) in [5, 5.41) is 6.49. The van der Waals surface area contributed by atoms with Crippen molar-refractivity contribution < 1.29 is 4.79 Å². The van der Waals surface area contributed by atoms with Gasteiger partial charge in [-0.3, -0.25) is 4.79 Å². The summed E-state index contributed by atoms with van der Waals surface area (Å²) in [6.45, 7) is 9.53.